The van der Waals surface area contributed by atoms with Crippen LogP contribution in [0.3, 0.4) is 0 Å². The number of nitrogens with one attached hydrogen (secondary N) is 2. The zero-order valence-electron chi connectivity index (χ0n) is 22.6. The number of aromatic amines is 1. The summed E-state index contributed by atoms with van der Waals surface area (Å²) in [4.78, 5) is 12.7. The summed E-state index contributed by atoms with van der Waals surface area (Å²) in [6.45, 7) is 7.01. The van der Waals surface area contributed by atoms with E-state index >= 15 is 0 Å². The van der Waals surface area contributed by atoms with Crippen molar-refractivity contribution in [2.75, 3.05) is 26.9 Å². The lowest BCUT2D eigenvalue weighted by Crippen LogP contribution is -2.29. The summed E-state index contributed by atoms with van der Waals surface area (Å²) in [6.07, 6.45) is 1.79. The van der Waals surface area contributed by atoms with Crippen molar-refractivity contribution in [1.29, 1.82) is 0 Å². The predicted octanol–water partition coefficient (Wildman–Crippen LogP) is 5.60. The van der Waals surface area contributed by atoms with Crippen molar-refractivity contribution in [2.24, 2.45) is 5.92 Å². The molecule has 0 aliphatic heterocycles. The maximum Gasteiger partial charge on any atom is 0.251 e. The van der Waals surface area contributed by atoms with Gasteiger partial charge >= 0.3 is 0 Å². The Bertz CT molecular complexity index is 1620. The highest BCUT2D eigenvalue weighted by Crippen LogP contribution is 2.44. The number of aromatic nitrogens is 3. The van der Waals surface area contributed by atoms with E-state index in [4.69, 9.17) is 4.74 Å². The van der Waals surface area contributed by atoms with Crippen LogP contribution in [0.4, 0.5) is 4.39 Å². The second-order valence-corrected chi connectivity index (χ2v) is 10.8. The van der Waals surface area contributed by atoms with Crippen LogP contribution in [0.2, 0.25) is 0 Å². The minimum absolute atomic E-state index is 0.0149. The molecule has 202 valence electrons. The van der Waals surface area contributed by atoms with Crippen molar-refractivity contribution in [2.45, 2.75) is 26.2 Å². The van der Waals surface area contributed by atoms with Gasteiger partial charge in [0.2, 0.25) is 0 Å². The summed E-state index contributed by atoms with van der Waals surface area (Å²) in [5.41, 5.74) is 5.78. The minimum Gasteiger partial charge on any atom is -0.396 e. The quantitative estimate of drug-likeness (QED) is 0.232. The first-order valence-electron chi connectivity index (χ1n) is 13.0. The first-order valence-corrected chi connectivity index (χ1v) is 13.0. The molecule has 3 N–H and O–H groups in total. The average molecular weight is 529 g/mol. The van der Waals surface area contributed by atoms with Gasteiger partial charge in [-0.15, -0.1) is 0 Å². The van der Waals surface area contributed by atoms with Crippen molar-refractivity contribution in [3.8, 4) is 16.8 Å². The van der Waals surface area contributed by atoms with Gasteiger partial charge < -0.3 is 19.7 Å². The molecule has 0 aliphatic rings. The molecule has 5 rings (SSSR count). The van der Waals surface area contributed by atoms with Crippen LogP contribution in [0.25, 0.3) is 38.6 Å². The second kappa shape index (κ2) is 10.6. The lowest BCUT2D eigenvalue weighted by atomic mass is 9.84. The van der Waals surface area contributed by atoms with E-state index < -0.39 is 5.41 Å². The Morgan fingerprint density at radius 1 is 1.15 bits per heavy atom. The highest BCUT2D eigenvalue weighted by Gasteiger charge is 2.32. The monoisotopic (exact) mass is 528 g/mol. The lowest BCUT2D eigenvalue weighted by molar-refractivity contribution is 0.0942. The topological polar surface area (TPSA) is 92.2 Å². The van der Waals surface area contributed by atoms with Gasteiger partial charge in [-0.3, -0.25) is 9.89 Å². The molecule has 0 aliphatic carbocycles. The third kappa shape index (κ3) is 5.05. The number of methoxy groups -OCH3 is 1. The van der Waals surface area contributed by atoms with Crippen molar-refractivity contribution in [3.05, 3.63) is 83.9 Å². The molecule has 7 nitrogen and oxygen atoms in total. The molecular formula is C31H33FN4O3. The zero-order chi connectivity index (χ0) is 27.7. The van der Waals surface area contributed by atoms with Crippen LogP contribution in [-0.4, -0.2) is 52.6 Å². The first kappa shape index (κ1) is 26.6. The Morgan fingerprint density at radius 3 is 2.54 bits per heavy atom. The Balaban J connectivity index is 1.74. The van der Waals surface area contributed by atoms with Gasteiger partial charge in [0.15, 0.2) is 0 Å². The summed E-state index contributed by atoms with van der Waals surface area (Å²) in [5.74, 6) is -0.502. The molecule has 0 saturated heterocycles. The number of aliphatic hydroxyl groups excluding tert-OH is 1. The molecule has 1 unspecified atom stereocenters. The number of hydrogen-bond donors (Lipinski definition) is 3. The standard InChI is InChI=1S/C31H33FN4O3/c1-19(17-37)15-33-30(38)21-7-5-20(6-8-21)28-25-14-26-22(16-34-35-26)13-27(25)36(24-11-9-23(32)10-12-24)29(28)31(2,3)18-39-4/h5-14,16,19,37H,15,17-18H2,1-4H3,(H,33,38)(H,34,35). The second-order valence-electron chi connectivity index (χ2n) is 10.8. The summed E-state index contributed by atoms with van der Waals surface area (Å²) in [5, 5.41) is 21.4. The number of carbonyl (C=O) groups excluding carboxylic acids is 1. The number of carbonyl (C=O) groups is 1. The van der Waals surface area contributed by atoms with Gasteiger partial charge in [0.25, 0.3) is 5.91 Å². The molecule has 2 aromatic heterocycles. The van der Waals surface area contributed by atoms with Crippen LogP contribution in [0.5, 0.6) is 0 Å². The normalized spacial score (nSPS) is 12.8. The van der Waals surface area contributed by atoms with Crippen molar-refractivity contribution >= 4 is 27.7 Å². The number of fused-ring (bicyclic) bond motifs is 2. The van der Waals surface area contributed by atoms with E-state index in [0.29, 0.717) is 18.7 Å². The smallest absolute Gasteiger partial charge is 0.251 e. The van der Waals surface area contributed by atoms with Crippen molar-refractivity contribution in [1.82, 2.24) is 20.1 Å². The molecule has 0 saturated carbocycles. The van der Waals surface area contributed by atoms with E-state index in [1.54, 1.807) is 25.4 Å². The van der Waals surface area contributed by atoms with E-state index in [0.717, 1.165) is 44.3 Å². The number of H-pyrrole nitrogens is 1. The van der Waals surface area contributed by atoms with E-state index in [1.165, 1.54) is 12.1 Å². The Morgan fingerprint density at radius 2 is 1.87 bits per heavy atom. The minimum atomic E-state index is -0.431. The molecule has 3 aromatic carbocycles. The van der Waals surface area contributed by atoms with E-state index in [9.17, 15) is 14.3 Å². The number of amides is 1. The largest absolute Gasteiger partial charge is 0.396 e. The molecule has 2 heterocycles. The molecule has 39 heavy (non-hydrogen) atoms. The van der Waals surface area contributed by atoms with Crippen molar-refractivity contribution < 1.29 is 19.0 Å². The number of hydrogen-bond acceptors (Lipinski definition) is 4. The Hall–Kier alpha value is -4.01. The number of ether oxygens (including phenoxy) is 1. The average Bonchev–Trinajstić information content (AvgIpc) is 3.53. The third-order valence-electron chi connectivity index (χ3n) is 7.12. The summed E-state index contributed by atoms with van der Waals surface area (Å²) in [6, 6.07) is 18.2. The third-order valence-corrected chi connectivity index (χ3v) is 7.12. The summed E-state index contributed by atoms with van der Waals surface area (Å²) < 4.78 is 21.8. The number of benzene rings is 3. The number of aliphatic hydroxyl groups is 1. The number of nitrogens with zero attached hydrogens (tertiary/aromatic N) is 2. The van der Waals surface area contributed by atoms with Crippen LogP contribution in [0.1, 0.15) is 36.8 Å². The fourth-order valence-electron chi connectivity index (χ4n) is 5.17. The number of rotatable bonds is 9. The van der Waals surface area contributed by atoms with Crippen LogP contribution >= 0.6 is 0 Å². The summed E-state index contributed by atoms with van der Waals surface area (Å²) >= 11 is 0. The molecule has 0 fully saturated rings. The highest BCUT2D eigenvalue weighted by molar-refractivity contribution is 6.06. The van der Waals surface area contributed by atoms with Gasteiger partial charge in [0, 0.05) is 59.0 Å². The molecule has 0 radical (unpaired) electrons. The molecule has 0 spiro atoms. The molecule has 0 bridgehead atoms. The predicted molar refractivity (Wildman–Crippen MR) is 152 cm³/mol. The van der Waals surface area contributed by atoms with Gasteiger partial charge in [0.05, 0.1) is 23.8 Å². The molecule has 1 amide bonds. The van der Waals surface area contributed by atoms with Crippen LogP contribution < -0.4 is 5.32 Å². The Labute approximate surface area is 226 Å². The molecule has 8 heteroatoms. The SMILES string of the molecule is COCC(C)(C)c1c(-c2ccc(C(=O)NCC(C)CO)cc2)c2cc3[nH]ncc3cc2n1-c1ccc(F)cc1. The number of halogens is 1. The fourth-order valence-corrected chi connectivity index (χ4v) is 5.17. The summed E-state index contributed by atoms with van der Waals surface area (Å²) in [7, 11) is 1.69. The molecular weight excluding hydrogens is 495 g/mol. The first-order chi connectivity index (χ1) is 18.7. The maximum absolute atomic E-state index is 13.9. The van der Waals surface area contributed by atoms with E-state index in [2.05, 4.69) is 46.1 Å². The molecule has 5 aromatic rings. The Kier molecular flexibility index (Phi) is 7.25. The van der Waals surface area contributed by atoms with Gasteiger partial charge in [-0.1, -0.05) is 32.9 Å². The van der Waals surface area contributed by atoms with Crippen LogP contribution in [0, 0.1) is 11.7 Å². The maximum atomic E-state index is 13.9. The van der Waals surface area contributed by atoms with Gasteiger partial charge in [-0.2, -0.15) is 5.10 Å². The van der Waals surface area contributed by atoms with Crippen LogP contribution in [0.15, 0.2) is 66.9 Å². The molecule has 1 atom stereocenters. The highest BCUT2D eigenvalue weighted by atomic mass is 19.1. The van der Waals surface area contributed by atoms with Crippen molar-refractivity contribution in [3.63, 3.8) is 0 Å². The fraction of sp³-hybridized carbons (Fsp3) is 0.290. The van der Waals surface area contributed by atoms with Gasteiger partial charge in [-0.25, -0.2) is 4.39 Å². The van der Waals surface area contributed by atoms with Gasteiger partial charge in [-0.05, 0) is 60.0 Å². The van der Waals surface area contributed by atoms with Gasteiger partial charge in [0.1, 0.15) is 5.82 Å². The lowest BCUT2D eigenvalue weighted by Gasteiger charge is -2.28. The van der Waals surface area contributed by atoms with E-state index in [-0.39, 0.29) is 24.2 Å². The van der Waals surface area contributed by atoms with Crippen LogP contribution in [-0.2, 0) is 10.2 Å². The van der Waals surface area contributed by atoms with E-state index in [1.807, 2.05) is 31.2 Å². The zero-order valence-corrected chi connectivity index (χ0v) is 22.6.